The molecule has 1 aliphatic carbocycles. The van der Waals surface area contributed by atoms with Crippen molar-refractivity contribution in [2.45, 2.75) is 65.2 Å². The highest BCUT2D eigenvalue weighted by molar-refractivity contribution is 5.30. The quantitative estimate of drug-likeness (QED) is 0.561. The van der Waals surface area contributed by atoms with Crippen molar-refractivity contribution in [3.05, 3.63) is 23.8 Å². The first-order chi connectivity index (χ1) is 9.88. The third-order valence-corrected chi connectivity index (χ3v) is 3.94. The standard InChI is InChI=1S/C17H27F3O/c1-4-6-8-14(7-5-2)12-21-16-10-9-15(11-13(16)3)17(18,19)20/h9-11,13-14,16H,4-8,12H2,1-3H3/t13?,14-,16?/m0/s1. The van der Waals surface area contributed by atoms with E-state index in [1.165, 1.54) is 12.5 Å². The monoisotopic (exact) mass is 304 g/mol. The zero-order valence-corrected chi connectivity index (χ0v) is 13.2. The van der Waals surface area contributed by atoms with Crippen LogP contribution >= 0.6 is 0 Å². The third-order valence-electron chi connectivity index (χ3n) is 3.94. The van der Waals surface area contributed by atoms with Crippen molar-refractivity contribution in [1.29, 1.82) is 0 Å². The summed E-state index contributed by atoms with van der Waals surface area (Å²) in [6.45, 7) is 6.74. The molecule has 0 aromatic carbocycles. The van der Waals surface area contributed by atoms with Gasteiger partial charge in [-0.1, -0.05) is 58.3 Å². The minimum atomic E-state index is -4.26. The second-order valence-corrected chi connectivity index (χ2v) is 5.93. The molecular formula is C17H27F3O. The van der Waals surface area contributed by atoms with Gasteiger partial charge in [0.05, 0.1) is 18.3 Å². The van der Waals surface area contributed by atoms with E-state index in [1.54, 1.807) is 13.0 Å². The van der Waals surface area contributed by atoms with Crippen LogP contribution in [0.15, 0.2) is 23.8 Å². The first-order valence-electron chi connectivity index (χ1n) is 7.97. The van der Waals surface area contributed by atoms with Crippen molar-refractivity contribution in [2.75, 3.05) is 6.61 Å². The van der Waals surface area contributed by atoms with Gasteiger partial charge >= 0.3 is 6.18 Å². The van der Waals surface area contributed by atoms with Crippen LogP contribution in [0, 0.1) is 11.8 Å². The van der Waals surface area contributed by atoms with Crippen molar-refractivity contribution in [1.82, 2.24) is 0 Å². The van der Waals surface area contributed by atoms with Gasteiger partial charge in [-0.15, -0.1) is 0 Å². The molecule has 0 aromatic rings. The smallest absolute Gasteiger partial charge is 0.373 e. The number of hydrogen-bond acceptors (Lipinski definition) is 1. The van der Waals surface area contributed by atoms with E-state index < -0.39 is 11.7 Å². The number of allylic oxidation sites excluding steroid dienone is 2. The normalized spacial score (nSPS) is 24.0. The fourth-order valence-corrected chi connectivity index (χ4v) is 2.66. The van der Waals surface area contributed by atoms with Crippen LogP contribution in [0.1, 0.15) is 52.9 Å². The summed E-state index contributed by atoms with van der Waals surface area (Å²) in [4.78, 5) is 0. The second-order valence-electron chi connectivity index (χ2n) is 5.93. The SMILES string of the molecule is CCCC[C@H](CCC)COC1C=CC(C(F)(F)F)=CC1C. The molecule has 122 valence electrons. The summed E-state index contributed by atoms with van der Waals surface area (Å²) in [6, 6.07) is 0. The van der Waals surface area contributed by atoms with E-state index in [2.05, 4.69) is 13.8 Å². The first-order valence-corrected chi connectivity index (χ1v) is 7.97. The fourth-order valence-electron chi connectivity index (χ4n) is 2.66. The summed E-state index contributed by atoms with van der Waals surface area (Å²) in [7, 11) is 0. The molecule has 0 aromatic heterocycles. The molecule has 0 radical (unpaired) electrons. The van der Waals surface area contributed by atoms with E-state index >= 15 is 0 Å². The van der Waals surface area contributed by atoms with Crippen molar-refractivity contribution in [3.8, 4) is 0 Å². The van der Waals surface area contributed by atoms with Gasteiger partial charge in [-0.3, -0.25) is 0 Å². The number of alkyl halides is 3. The van der Waals surface area contributed by atoms with Crippen LogP contribution in [0.4, 0.5) is 13.2 Å². The molecule has 0 saturated heterocycles. The Labute approximate surface area is 126 Å². The maximum Gasteiger partial charge on any atom is 0.416 e. The van der Waals surface area contributed by atoms with Crippen molar-refractivity contribution < 1.29 is 17.9 Å². The molecule has 3 atom stereocenters. The highest BCUT2D eigenvalue weighted by Gasteiger charge is 2.34. The van der Waals surface area contributed by atoms with Crippen molar-refractivity contribution in [2.24, 2.45) is 11.8 Å². The van der Waals surface area contributed by atoms with Crippen LogP contribution in [0.5, 0.6) is 0 Å². The Kier molecular flexibility index (Phi) is 7.50. The van der Waals surface area contributed by atoms with Gasteiger partial charge in [0.2, 0.25) is 0 Å². The molecule has 1 rings (SSSR count). The van der Waals surface area contributed by atoms with Crippen LogP contribution in [0.3, 0.4) is 0 Å². The molecule has 1 aliphatic rings. The summed E-state index contributed by atoms with van der Waals surface area (Å²) >= 11 is 0. The molecule has 0 aliphatic heterocycles. The summed E-state index contributed by atoms with van der Waals surface area (Å²) in [5.74, 6) is 0.281. The lowest BCUT2D eigenvalue weighted by molar-refractivity contribution is -0.0897. The van der Waals surface area contributed by atoms with E-state index in [4.69, 9.17) is 4.74 Å². The van der Waals surface area contributed by atoms with Crippen LogP contribution < -0.4 is 0 Å². The van der Waals surface area contributed by atoms with Gasteiger partial charge in [-0.2, -0.15) is 13.2 Å². The summed E-state index contributed by atoms with van der Waals surface area (Å²) in [5, 5.41) is 0. The maximum atomic E-state index is 12.6. The van der Waals surface area contributed by atoms with E-state index in [0.29, 0.717) is 12.5 Å². The maximum absolute atomic E-state index is 12.6. The Morgan fingerprint density at radius 2 is 1.90 bits per heavy atom. The Morgan fingerprint density at radius 1 is 1.19 bits per heavy atom. The predicted octanol–water partition coefficient (Wildman–Crippen LogP) is 5.67. The summed E-state index contributed by atoms with van der Waals surface area (Å²) in [6.07, 6.45) is 5.19. The predicted molar refractivity (Wildman–Crippen MR) is 80.1 cm³/mol. The molecule has 4 heteroatoms. The lowest BCUT2D eigenvalue weighted by Crippen LogP contribution is -2.26. The summed E-state index contributed by atoms with van der Waals surface area (Å²) in [5.41, 5.74) is -0.564. The molecule has 0 heterocycles. The van der Waals surface area contributed by atoms with Gasteiger partial charge in [0.15, 0.2) is 0 Å². The Hall–Kier alpha value is -0.770. The largest absolute Gasteiger partial charge is 0.416 e. The molecular weight excluding hydrogens is 277 g/mol. The van der Waals surface area contributed by atoms with Crippen LogP contribution in [0.25, 0.3) is 0 Å². The van der Waals surface area contributed by atoms with Gasteiger partial charge in [0.25, 0.3) is 0 Å². The fraction of sp³-hybridized carbons (Fsp3) is 0.765. The molecule has 0 N–H and O–H groups in total. The van der Waals surface area contributed by atoms with Gasteiger partial charge in [-0.05, 0) is 18.8 Å². The zero-order chi connectivity index (χ0) is 15.9. The van der Waals surface area contributed by atoms with Gasteiger partial charge < -0.3 is 4.74 Å². The molecule has 1 nitrogen and oxygen atoms in total. The van der Waals surface area contributed by atoms with E-state index in [0.717, 1.165) is 31.8 Å². The van der Waals surface area contributed by atoms with E-state index in [-0.39, 0.29) is 12.0 Å². The average Bonchev–Trinajstić information content (AvgIpc) is 2.42. The topological polar surface area (TPSA) is 9.23 Å². The number of unbranched alkanes of at least 4 members (excludes halogenated alkanes) is 1. The molecule has 2 unspecified atom stereocenters. The van der Waals surface area contributed by atoms with Gasteiger partial charge in [-0.25, -0.2) is 0 Å². The molecule has 0 bridgehead atoms. The van der Waals surface area contributed by atoms with Crippen LogP contribution in [-0.2, 0) is 4.74 Å². The number of rotatable bonds is 8. The number of ether oxygens (including phenoxy) is 1. The van der Waals surface area contributed by atoms with E-state index in [1.807, 2.05) is 0 Å². The Bertz CT molecular complexity index is 358. The minimum Gasteiger partial charge on any atom is -0.373 e. The van der Waals surface area contributed by atoms with Crippen molar-refractivity contribution >= 4 is 0 Å². The van der Waals surface area contributed by atoms with Crippen molar-refractivity contribution in [3.63, 3.8) is 0 Å². The zero-order valence-electron chi connectivity index (χ0n) is 13.2. The van der Waals surface area contributed by atoms with Gasteiger partial charge in [0, 0.05) is 5.92 Å². The third kappa shape index (κ3) is 6.25. The van der Waals surface area contributed by atoms with E-state index in [9.17, 15) is 13.2 Å². The molecule has 0 amide bonds. The highest BCUT2D eigenvalue weighted by Crippen LogP contribution is 2.32. The lowest BCUT2D eigenvalue weighted by Gasteiger charge is -2.26. The second kappa shape index (κ2) is 8.62. The average molecular weight is 304 g/mol. The molecule has 21 heavy (non-hydrogen) atoms. The Balaban J connectivity index is 2.49. The van der Waals surface area contributed by atoms with Gasteiger partial charge in [0.1, 0.15) is 0 Å². The van der Waals surface area contributed by atoms with Crippen LogP contribution in [-0.4, -0.2) is 18.9 Å². The lowest BCUT2D eigenvalue weighted by atomic mass is 9.94. The number of halogens is 3. The van der Waals surface area contributed by atoms with Crippen LogP contribution in [0.2, 0.25) is 0 Å². The molecule has 0 spiro atoms. The summed E-state index contributed by atoms with van der Waals surface area (Å²) < 4.78 is 43.8. The minimum absolute atomic E-state index is 0.236. The first kappa shape index (κ1) is 18.3. The Morgan fingerprint density at radius 3 is 2.43 bits per heavy atom. The number of hydrogen-bond donors (Lipinski definition) is 0. The molecule has 0 fully saturated rings. The molecule has 0 saturated carbocycles. The highest BCUT2D eigenvalue weighted by atomic mass is 19.4.